The van der Waals surface area contributed by atoms with Crippen LogP contribution in [0.25, 0.3) is 0 Å². The van der Waals surface area contributed by atoms with Gasteiger partial charge in [0.1, 0.15) is 0 Å². The van der Waals surface area contributed by atoms with Gasteiger partial charge in [0.05, 0.1) is 13.1 Å². The molecule has 1 heterocycles. The minimum absolute atomic E-state index is 0.158. The Morgan fingerprint density at radius 3 is 2.57 bits per heavy atom. The largest absolute Gasteiger partial charge is 0.479 e. The molecule has 3 N–H and O–H groups in total. The van der Waals surface area contributed by atoms with Crippen LogP contribution in [0.2, 0.25) is 0 Å². The van der Waals surface area contributed by atoms with Crippen LogP contribution < -0.4 is 5.32 Å². The normalized spacial score (nSPS) is 20.6. The molecule has 78 valence electrons. The lowest BCUT2D eigenvalue weighted by Gasteiger charge is -2.22. The molecule has 1 aliphatic rings. The lowest BCUT2D eigenvalue weighted by atomic mass is 10.1. The van der Waals surface area contributed by atoms with Gasteiger partial charge in [0.2, 0.25) is 5.91 Å². The Morgan fingerprint density at radius 2 is 2.21 bits per heavy atom. The first-order valence-corrected chi connectivity index (χ1v) is 3.88. The molecule has 1 saturated heterocycles. The molecule has 3 amide bonds. The highest BCUT2D eigenvalue weighted by Gasteiger charge is 2.39. The second-order valence-electron chi connectivity index (χ2n) is 3.22. The number of nitrogens with one attached hydrogen (secondary N) is 1. The summed E-state index contributed by atoms with van der Waals surface area (Å²) in [6, 6.07) is -0.684. The van der Waals surface area contributed by atoms with Crippen LogP contribution >= 0.6 is 0 Å². The number of rotatable bonds is 3. The van der Waals surface area contributed by atoms with Gasteiger partial charge >= 0.3 is 12.0 Å². The van der Waals surface area contributed by atoms with Crippen molar-refractivity contribution in [2.75, 3.05) is 13.1 Å². The summed E-state index contributed by atoms with van der Waals surface area (Å²) in [5.41, 5.74) is -2.11. The molecule has 1 aliphatic heterocycles. The van der Waals surface area contributed by atoms with Crippen molar-refractivity contribution in [3.8, 4) is 0 Å². The smallest absolute Gasteiger partial charge is 0.337 e. The molecule has 7 nitrogen and oxygen atoms in total. The highest BCUT2D eigenvalue weighted by Crippen LogP contribution is 2.09. The van der Waals surface area contributed by atoms with E-state index in [-0.39, 0.29) is 6.54 Å². The lowest BCUT2D eigenvalue weighted by Crippen LogP contribution is -2.48. The molecule has 1 atom stereocenters. The van der Waals surface area contributed by atoms with Crippen LogP contribution in [0.3, 0.4) is 0 Å². The predicted molar refractivity (Wildman–Crippen MR) is 43.4 cm³/mol. The summed E-state index contributed by atoms with van der Waals surface area (Å²) in [4.78, 5) is 33.2. The highest BCUT2D eigenvalue weighted by atomic mass is 16.4. The van der Waals surface area contributed by atoms with E-state index in [1.54, 1.807) is 0 Å². The van der Waals surface area contributed by atoms with Crippen molar-refractivity contribution >= 4 is 17.9 Å². The van der Waals surface area contributed by atoms with Crippen molar-refractivity contribution in [1.29, 1.82) is 0 Å². The van der Waals surface area contributed by atoms with Gasteiger partial charge in [-0.05, 0) is 6.92 Å². The summed E-state index contributed by atoms with van der Waals surface area (Å²) >= 11 is 0. The van der Waals surface area contributed by atoms with Crippen LogP contribution in [0.4, 0.5) is 4.79 Å². The number of hydrogen-bond acceptors (Lipinski definition) is 4. The Morgan fingerprint density at radius 1 is 1.64 bits per heavy atom. The van der Waals surface area contributed by atoms with Crippen LogP contribution in [-0.4, -0.2) is 51.7 Å². The number of carbonyl (C=O) groups is 3. The summed E-state index contributed by atoms with van der Waals surface area (Å²) in [6.07, 6.45) is 0. The van der Waals surface area contributed by atoms with Gasteiger partial charge in [-0.2, -0.15) is 0 Å². The SMILES string of the molecule is CC(O)(CN1C(=O)CNC1=O)C(=O)O. The van der Waals surface area contributed by atoms with Crippen molar-refractivity contribution in [3.63, 3.8) is 0 Å². The standard InChI is InChI=1S/C7H10N2O5/c1-7(14,5(11)12)3-9-4(10)2-8-6(9)13/h14H,2-3H2,1H3,(H,8,13)(H,11,12). The van der Waals surface area contributed by atoms with Crippen LogP contribution in [-0.2, 0) is 9.59 Å². The summed E-state index contributed by atoms with van der Waals surface area (Å²) < 4.78 is 0. The van der Waals surface area contributed by atoms with Gasteiger partial charge in [-0.15, -0.1) is 0 Å². The van der Waals surface area contributed by atoms with Gasteiger partial charge in [-0.1, -0.05) is 0 Å². The number of carboxylic acids is 1. The van der Waals surface area contributed by atoms with E-state index in [0.29, 0.717) is 4.90 Å². The number of carboxylic acid groups (broad SMARTS) is 1. The predicted octanol–water partition coefficient (Wildman–Crippen LogP) is -1.63. The minimum Gasteiger partial charge on any atom is -0.479 e. The van der Waals surface area contributed by atoms with Crippen LogP contribution in [0, 0.1) is 0 Å². The van der Waals surface area contributed by atoms with Crippen LogP contribution in [0.15, 0.2) is 0 Å². The third kappa shape index (κ3) is 1.82. The zero-order valence-electron chi connectivity index (χ0n) is 7.48. The van der Waals surface area contributed by atoms with E-state index in [4.69, 9.17) is 5.11 Å². The second-order valence-corrected chi connectivity index (χ2v) is 3.22. The van der Waals surface area contributed by atoms with E-state index < -0.39 is 30.1 Å². The quantitative estimate of drug-likeness (QED) is 0.476. The fourth-order valence-corrected chi connectivity index (χ4v) is 0.991. The number of hydrogen-bond donors (Lipinski definition) is 3. The molecule has 0 aromatic rings. The summed E-state index contributed by atoms with van der Waals surface area (Å²) in [5, 5.41) is 20.1. The Labute approximate surface area is 79.3 Å². The number of amides is 3. The lowest BCUT2D eigenvalue weighted by molar-refractivity contribution is -0.158. The monoisotopic (exact) mass is 202 g/mol. The molecule has 0 bridgehead atoms. The highest BCUT2D eigenvalue weighted by molar-refractivity contribution is 6.02. The molecule has 1 unspecified atom stereocenters. The maximum absolute atomic E-state index is 11.0. The van der Waals surface area contributed by atoms with Crippen molar-refractivity contribution in [2.24, 2.45) is 0 Å². The third-order valence-corrected chi connectivity index (χ3v) is 1.86. The molecule has 7 heteroatoms. The number of aliphatic carboxylic acids is 1. The first kappa shape index (κ1) is 10.5. The Kier molecular flexibility index (Phi) is 2.43. The Bertz CT molecular complexity index is 282. The van der Waals surface area contributed by atoms with Crippen LogP contribution in [0.5, 0.6) is 0 Å². The van der Waals surface area contributed by atoms with Gasteiger partial charge in [0.15, 0.2) is 5.60 Å². The van der Waals surface area contributed by atoms with Crippen molar-refractivity contribution in [2.45, 2.75) is 12.5 Å². The molecule has 0 saturated carbocycles. The Hall–Kier alpha value is -1.63. The van der Waals surface area contributed by atoms with E-state index >= 15 is 0 Å². The summed E-state index contributed by atoms with van der Waals surface area (Å²) in [5.74, 6) is -2.03. The van der Waals surface area contributed by atoms with Gasteiger partial charge in [0.25, 0.3) is 0 Å². The van der Waals surface area contributed by atoms with Gasteiger partial charge in [0, 0.05) is 0 Å². The summed E-state index contributed by atoms with van der Waals surface area (Å²) in [7, 11) is 0. The molecular formula is C7H10N2O5. The maximum Gasteiger partial charge on any atom is 0.337 e. The van der Waals surface area contributed by atoms with E-state index in [1.165, 1.54) is 0 Å². The molecular weight excluding hydrogens is 192 g/mol. The van der Waals surface area contributed by atoms with Crippen LogP contribution in [0.1, 0.15) is 6.92 Å². The first-order chi connectivity index (χ1) is 6.34. The minimum atomic E-state index is -2.11. The van der Waals surface area contributed by atoms with Crippen molar-refractivity contribution in [1.82, 2.24) is 10.2 Å². The zero-order valence-corrected chi connectivity index (χ0v) is 7.48. The van der Waals surface area contributed by atoms with E-state index in [1.807, 2.05) is 0 Å². The number of aliphatic hydroxyl groups is 1. The second kappa shape index (κ2) is 3.26. The molecule has 0 aliphatic carbocycles. The fraction of sp³-hybridized carbons (Fsp3) is 0.571. The third-order valence-electron chi connectivity index (χ3n) is 1.86. The first-order valence-electron chi connectivity index (χ1n) is 3.88. The van der Waals surface area contributed by atoms with Gasteiger partial charge in [-0.3, -0.25) is 9.69 Å². The molecule has 0 aromatic carbocycles. The molecule has 14 heavy (non-hydrogen) atoms. The molecule has 0 spiro atoms. The average molecular weight is 202 g/mol. The maximum atomic E-state index is 11.0. The van der Waals surface area contributed by atoms with Gasteiger partial charge < -0.3 is 15.5 Å². The number of β-amino-alcohol motifs (C(OH)–C–C–N with tert-alkyl or cyclic N) is 1. The topological polar surface area (TPSA) is 107 Å². The summed E-state index contributed by atoms with van der Waals surface area (Å²) in [6.45, 7) is 0.315. The number of imide groups is 1. The number of nitrogens with zero attached hydrogens (tertiary/aromatic N) is 1. The van der Waals surface area contributed by atoms with Gasteiger partial charge in [-0.25, -0.2) is 9.59 Å². The van der Waals surface area contributed by atoms with Crippen molar-refractivity contribution < 1.29 is 24.6 Å². The molecule has 0 radical (unpaired) electrons. The number of carbonyl (C=O) groups excluding carboxylic acids is 2. The Balaban J connectivity index is 2.73. The number of urea groups is 1. The van der Waals surface area contributed by atoms with E-state index in [2.05, 4.69) is 5.32 Å². The molecule has 0 aromatic heterocycles. The zero-order chi connectivity index (χ0) is 10.9. The van der Waals surface area contributed by atoms with Crippen molar-refractivity contribution in [3.05, 3.63) is 0 Å². The van der Waals surface area contributed by atoms with E-state index in [0.717, 1.165) is 6.92 Å². The fourth-order valence-electron chi connectivity index (χ4n) is 0.991. The molecule has 1 fully saturated rings. The van der Waals surface area contributed by atoms with E-state index in [9.17, 15) is 19.5 Å². The molecule has 1 rings (SSSR count). The average Bonchev–Trinajstić information content (AvgIpc) is 2.35.